The van der Waals surface area contributed by atoms with E-state index >= 15 is 0 Å². The van der Waals surface area contributed by atoms with Gasteiger partial charge in [0.2, 0.25) is 10.0 Å². The molecule has 2 N–H and O–H groups in total. The van der Waals surface area contributed by atoms with Crippen LogP contribution in [0.4, 0.5) is 0 Å². The van der Waals surface area contributed by atoms with Gasteiger partial charge in [-0.3, -0.25) is 4.79 Å². The second-order valence-corrected chi connectivity index (χ2v) is 7.49. The molecule has 8 heteroatoms. The van der Waals surface area contributed by atoms with E-state index in [2.05, 4.69) is 16.0 Å². The van der Waals surface area contributed by atoms with Gasteiger partial charge < -0.3 is 14.8 Å². The number of carbonyl (C=O) groups is 1. The molecule has 2 rings (SSSR count). The Morgan fingerprint density at radius 1 is 1.14 bits per heavy atom. The highest BCUT2D eigenvalue weighted by Gasteiger charge is 2.14. The molecule has 0 bridgehead atoms. The van der Waals surface area contributed by atoms with E-state index in [1.807, 2.05) is 24.3 Å². The summed E-state index contributed by atoms with van der Waals surface area (Å²) < 4.78 is 36.7. The molecule has 0 radical (unpaired) electrons. The van der Waals surface area contributed by atoms with Crippen LogP contribution in [0.1, 0.15) is 15.9 Å². The maximum Gasteiger partial charge on any atom is 0.251 e. The molecule has 2 aromatic carbocycles. The molecular weight excluding hydrogens is 380 g/mol. The molecule has 0 spiro atoms. The molecule has 0 saturated carbocycles. The number of hydrogen-bond donors (Lipinski definition) is 2. The lowest BCUT2D eigenvalue weighted by atomic mass is 10.2. The molecule has 0 unspecified atom stereocenters. The second kappa shape index (κ2) is 10.5. The van der Waals surface area contributed by atoms with Crippen LogP contribution in [0.25, 0.3) is 0 Å². The van der Waals surface area contributed by atoms with Crippen molar-refractivity contribution in [2.75, 3.05) is 26.9 Å². The maximum absolute atomic E-state index is 12.3. The van der Waals surface area contributed by atoms with Gasteiger partial charge in [-0.15, -0.1) is 6.42 Å². The summed E-state index contributed by atoms with van der Waals surface area (Å²) >= 11 is 0. The minimum atomic E-state index is -3.68. The summed E-state index contributed by atoms with van der Waals surface area (Å²) in [6, 6.07) is 13.0. The quantitative estimate of drug-likeness (QED) is 0.465. The summed E-state index contributed by atoms with van der Waals surface area (Å²) in [7, 11) is -2.08. The molecule has 7 nitrogen and oxygen atoms in total. The molecule has 28 heavy (non-hydrogen) atoms. The zero-order valence-corrected chi connectivity index (χ0v) is 16.3. The van der Waals surface area contributed by atoms with Gasteiger partial charge in [0, 0.05) is 19.2 Å². The van der Waals surface area contributed by atoms with Crippen molar-refractivity contribution < 1.29 is 22.7 Å². The van der Waals surface area contributed by atoms with Crippen LogP contribution in [0.2, 0.25) is 0 Å². The normalized spacial score (nSPS) is 10.9. The Labute approximate surface area is 165 Å². The smallest absolute Gasteiger partial charge is 0.251 e. The van der Waals surface area contributed by atoms with Crippen molar-refractivity contribution >= 4 is 15.9 Å². The number of nitrogens with one attached hydrogen (secondary N) is 2. The Hall–Kier alpha value is -2.86. The van der Waals surface area contributed by atoms with Gasteiger partial charge in [0.15, 0.2) is 0 Å². The van der Waals surface area contributed by atoms with Crippen LogP contribution in [0.5, 0.6) is 5.75 Å². The molecule has 0 aromatic heterocycles. The monoisotopic (exact) mass is 402 g/mol. The van der Waals surface area contributed by atoms with E-state index in [-0.39, 0.29) is 17.3 Å². The fraction of sp³-hybridized carbons (Fsp3) is 0.250. The lowest BCUT2D eigenvalue weighted by molar-refractivity contribution is 0.0950. The fourth-order valence-corrected chi connectivity index (χ4v) is 3.21. The van der Waals surface area contributed by atoms with Crippen LogP contribution in [-0.2, 0) is 21.3 Å². The van der Waals surface area contributed by atoms with Crippen molar-refractivity contribution in [1.29, 1.82) is 0 Å². The van der Waals surface area contributed by atoms with Crippen molar-refractivity contribution in [3.63, 3.8) is 0 Å². The highest BCUT2D eigenvalue weighted by molar-refractivity contribution is 7.89. The largest absolute Gasteiger partial charge is 0.491 e. The number of methoxy groups -OCH3 is 1. The first-order chi connectivity index (χ1) is 13.5. The summed E-state index contributed by atoms with van der Waals surface area (Å²) in [5, 5.41) is 2.79. The van der Waals surface area contributed by atoms with Crippen molar-refractivity contribution in [3.05, 3.63) is 59.7 Å². The predicted octanol–water partition coefficient (Wildman–Crippen LogP) is 1.55. The maximum atomic E-state index is 12.3. The van der Waals surface area contributed by atoms with E-state index < -0.39 is 10.0 Å². The topological polar surface area (TPSA) is 93.7 Å². The summed E-state index contributed by atoms with van der Waals surface area (Å²) in [5.74, 6) is 2.58. The van der Waals surface area contributed by atoms with E-state index in [4.69, 9.17) is 15.9 Å². The average molecular weight is 402 g/mol. The first kappa shape index (κ1) is 21.4. The van der Waals surface area contributed by atoms with Crippen LogP contribution >= 0.6 is 0 Å². The number of terminal acetylenes is 1. The van der Waals surface area contributed by atoms with Crippen LogP contribution in [0.15, 0.2) is 53.4 Å². The van der Waals surface area contributed by atoms with Crippen LogP contribution in [-0.4, -0.2) is 41.2 Å². The molecule has 0 aliphatic carbocycles. The standard InChI is InChI=1S/C20H22N2O5S/c1-3-11-22-28(24,25)19-9-7-17(8-10-19)20(23)21-15-16-5-4-6-18(14-16)27-13-12-26-2/h1,4-10,14,22H,11-13,15H2,2H3,(H,21,23). The third-order valence-corrected chi connectivity index (χ3v) is 5.12. The summed E-state index contributed by atoms with van der Waals surface area (Å²) in [6.07, 6.45) is 5.06. The zero-order valence-electron chi connectivity index (χ0n) is 15.5. The van der Waals surface area contributed by atoms with Gasteiger partial charge in [-0.25, -0.2) is 8.42 Å². The number of carbonyl (C=O) groups excluding carboxylic acids is 1. The minimum absolute atomic E-state index is 0.0419. The molecule has 0 aliphatic rings. The predicted molar refractivity (Wildman–Crippen MR) is 105 cm³/mol. The minimum Gasteiger partial charge on any atom is -0.491 e. The van der Waals surface area contributed by atoms with E-state index in [1.165, 1.54) is 24.3 Å². The van der Waals surface area contributed by atoms with Gasteiger partial charge in [-0.1, -0.05) is 18.1 Å². The van der Waals surface area contributed by atoms with E-state index in [0.717, 1.165) is 5.56 Å². The third-order valence-electron chi connectivity index (χ3n) is 3.70. The van der Waals surface area contributed by atoms with Crippen molar-refractivity contribution in [3.8, 4) is 18.1 Å². The molecule has 0 aliphatic heterocycles. The molecular formula is C20H22N2O5S. The summed E-state index contributed by atoms with van der Waals surface area (Å²) in [6.45, 7) is 1.14. The Morgan fingerprint density at radius 3 is 2.57 bits per heavy atom. The summed E-state index contributed by atoms with van der Waals surface area (Å²) in [4.78, 5) is 12.3. The molecule has 0 fully saturated rings. The number of rotatable bonds is 10. The molecule has 0 saturated heterocycles. The van der Waals surface area contributed by atoms with Crippen LogP contribution < -0.4 is 14.8 Å². The first-order valence-corrected chi connectivity index (χ1v) is 9.96. The molecule has 2 aromatic rings. The Bertz CT molecular complexity index is 934. The van der Waals surface area contributed by atoms with Crippen molar-refractivity contribution in [2.24, 2.45) is 0 Å². The van der Waals surface area contributed by atoms with Gasteiger partial charge in [0.05, 0.1) is 18.0 Å². The Kier molecular flexibility index (Phi) is 8.02. The lowest BCUT2D eigenvalue weighted by Crippen LogP contribution is -2.25. The lowest BCUT2D eigenvalue weighted by Gasteiger charge is -2.09. The third kappa shape index (κ3) is 6.39. The molecule has 0 atom stereocenters. The molecule has 1 amide bonds. The highest BCUT2D eigenvalue weighted by atomic mass is 32.2. The van der Waals surface area contributed by atoms with Crippen LogP contribution in [0, 0.1) is 12.3 Å². The number of hydrogen-bond acceptors (Lipinski definition) is 5. The van der Waals surface area contributed by atoms with E-state index in [1.54, 1.807) is 7.11 Å². The van der Waals surface area contributed by atoms with Gasteiger partial charge >= 0.3 is 0 Å². The number of benzene rings is 2. The van der Waals surface area contributed by atoms with Gasteiger partial charge in [-0.05, 0) is 42.0 Å². The first-order valence-electron chi connectivity index (χ1n) is 8.48. The highest BCUT2D eigenvalue weighted by Crippen LogP contribution is 2.14. The molecule has 0 heterocycles. The summed E-state index contributed by atoms with van der Waals surface area (Å²) in [5.41, 5.74) is 1.23. The SMILES string of the molecule is C#CCNS(=O)(=O)c1ccc(C(=O)NCc2cccc(OCCOC)c2)cc1. The van der Waals surface area contributed by atoms with Gasteiger partial charge in [-0.2, -0.15) is 4.72 Å². The number of sulfonamides is 1. The van der Waals surface area contributed by atoms with Crippen molar-refractivity contribution in [1.82, 2.24) is 10.0 Å². The van der Waals surface area contributed by atoms with Gasteiger partial charge in [0.1, 0.15) is 12.4 Å². The van der Waals surface area contributed by atoms with Crippen LogP contribution in [0.3, 0.4) is 0 Å². The Balaban J connectivity index is 1.95. The molecule has 148 valence electrons. The van der Waals surface area contributed by atoms with Crippen molar-refractivity contribution in [2.45, 2.75) is 11.4 Å². The van der Waals surface area contributed by atoms with Gasteiger partial charge in [0.25, 0.3) is 5.91 Å². The zero-order chi connectivity index (χ0) is 20.4. The second-order valence-electron chi connectivity index (χ2n) is 5.72. The average Bonchev–Trinajstić information content (AvgIpc) is 2.71. The number of amides is 1. The fourth-order valence-electron chi connectivity index (χ4n) is 2.28. The number of ether oxygens (including phenoxy) is 2. The van der Waals surface area contributed by atoms with E-state index in [9.17, 15) is 13.2 Å². The van der Waals surface area contributed by atoms with E-state index in [0.29, 0.717) is 31.1 Å². The Morgan fingerprint density at radius 2 is 1.89 bits per heavy atom.